The van der Waals surface area contributed by atoms with Gasteiger partial charge in [0.15, 0.2) is 0 Å². The maximum absolute atomic E-state index is 9.43. The first-order chi connectivity index (χ1) is 5.93. The molecule has 1 aromatic rings. The van der Waals surface area contributed by atoms with Crippen molar-refractivity contribution in [3.8, 4) is 0 Å². The van der Waals surface area contributed by atoms with Gasteiger partial charge in [-0.2, -0.15) is 0 Å². The molecule has 0 bridgehead atoms. The fourth-order valence-electron chi connectivity index (χ4n) is 0.728. The molecule has 0 amide bonds. The fraction of sp³-hybridized carbons (Fsp3) is 0.857. The van der Waals surface area contributed by atoms with E-state index < -0.39 is 11.6 Å². The van der Waals surface area contributed by atoms with Crippen LogP contribution in [-0.4, -0.2) is 37.0 Å². The first kappa shape index (κ1) is 9.91. The second-order valence-electron chi connectivity index (χ2n) is 3.65. The van der Waals surface area contributed by atoms with Crippen LogP contribution in [0.4, 0.5) is 5.95 Å². The molecular formula is C7H15N5O. The van der Waals surface area contributed by atoms with Crippen molar-refractivity contribution < 1.29 is 5.11 Å². The first-order valence-electron chi connectivity index (χ1n) is 4.12. The van der Waals surface area contributed by atoms with Gasteiger partial charge in [0.1, 0.15) is 0 Å². The van der Waals surface area contributed by atoms with E-state index in [4.69, 9.17) is 0 Å². The molecule has 0 aliphatic heterocycles. The zero-order valence-electron chi connectivity index (χ0n) is 8.31. The summed E-state index contributed by atoms with van der Waals surface area (Å²) in [6.07, 6.45) is -0.482. The number of aliphatic hydroxyl groups is 1. The molecule has 6 nitrogen and oxygen atoms in total. The average Bonchev–Trinajstić information content (AvgIpc) is 2.35. The van der Waals surface area contributed by atoms with Gasteiger partial charge in [-0.25, -0.2) is 4.68 Å². The van der Waals surface area contributed by atoms with E-state index in [0.717, 1.165) is 0 Å². The van der Waals surface area contributed by atoms with Crippen LogP contribution in [0, 0.1) is 0 Å². The maximum atomic E-state index is 9.43. The number of nitrogens with one attached hydrogen (secondary N) is 1. The molecule has 0 saturated heterocycles. The van der Waals surface area contributed by atoms with Crippen molar-refractivity contribution in [2.24, 2.45) is 7.05 Å². The number of aromatic nitrogens is 4. The Morgan fingerprint density at radius 2 is 2.15 bits per heavy atom. The van der Waals surface area contributed by atoms with E-state index in [9.17, 15) is 5.11 Å². The molecule has 0 radical (unpaired) electrons. The first-order valence-corrected chi connectivity index (χ1v) is 4.12. The number of nitrogens with zero attached hydrogens (tertiary/aromatic N) is 4. The van der Waals surface area contributed by atoms with Crippen molar-refractivity contribution in [3.05, 3.63) is 0 Å². The van der Waals surface area contributed by atoms with Crippen molar-refractivity contribution in [1.82, 2.24) is 20.2 Å². The van der Waals surface area contributed by atoms with Gasteiger partial charge in [0.25, 0.3) is 0 Å². The molecule has 2 N–H and O–H groups in total. The number of anilines is 1. The Morgan fingerprint density at radius 1 is 1.54 bits per heavy atom. The predicted octanol–water partition coefficient (Wildman–Crippen LogP) is -0.219. The Morgan fingerprint density at radius 3 is 2.54 bits per heavy atom. The highest BCUT2D eigenvalue weighted by Gasteiger charge is 2.25. The third-order valence-electron chi connectivity index (χ3n) is 2.10. The minimum atomic E-state index is -0.482. The number of aliphatic hydroxyl groups excluding tert-OH is 1. The highest BCUT2D eigenvalue weighted by molar-refractivity contribution is 5.26. The van der Waals surface area contributed by atoms with Crippen LogP contribution in [-0.2, 0) is 7.05 Å². The van der Waals surface area contributed by atoms with Crippen LogP contribution in [0.3, 0.4) is 0 Å². The summed E-state index contributed by atoms with van der Waals surface area (Å²) in [6.45, 7) is 5.48. The van der Waals surface area contributed by atoms with E-state index in [1.54, 1.807) is 14.0 Å². The van der Waals surface area contributed by atoms with Gasteiger partial charge in [-0.05, 0) is 31.2 Å². The molecule has 1 unspecified atom stereocenters. The molecule has 6 heteroatoms. The van der Waals surface area contributed by atoms with E-state index in [1.807, 2.05) is 13.8 Å². The number of tetrazole rings is 1. The predicted molar refractivity (Wildman–Crippen MR) is 48.2 cm³/mol. The Kier molecular flexibility index (Phi) is 2.51. The van der Waals surface area contributed by atoms with E-state index in [-0.39, 0.29) is 0 Å². The lowest BCUT2D eigenvalue weighted by Gasteiger charge is -2.28. The highest BCUT2D eigenvalue weighted by atomic mass is 16.3. The SMILES string of the molecule is CC(O)C(C)(C)Nc1nnnn1C. The molecule has 0 spiro atoms. The van der Waals surface area contributed by atoms with Crippen LogP contribution in [0.25, 0.3) is 0 Å². The van der Waals surface area contributed by atoms with Gasteiger partial charge in [-0.3, -0.25) is 0 Å². The standard InChI is InChI=1S/C7H15N5O/c1-5(13)7(2,3)8-6-9-10-11-12(6)4/h5,13H,1-4H3,(H,8,9,11). The van der Waals surface area contributed by atoms with Gasteiger partial charge in [0.05, 0.1) is 11.6 Å². The third-order valence-corrected chi connectivity index (χ3v) is 2.10. The Balaban J connectivity index is 2.74. The van der Waals surface area contributed by atoms with Crippen molar-refractivity contribution in [2.45, 2.75) is 32.4 Å². The third kappa shape index (κ3) is 2.15. The average molecular weight is 185 g/mol. The van der Waals surface area contributed by atoms with Crippen LogP contribution in [0.1, 0.15) is 20.8 Å². The van der Waals surface area contributed by atoms with Crippen molar-refractivity contribution in [1.29, 1.82) is 0 Å². The van der Waals surface area contributed by atoms with Crippen molar-refractivity contribution >= 4 is 5.95 Å². The minimum absolute atomic E-state index is 0.442. The zero-order valence-corrected chi connectivity index (χ0v) is 8.31. The summed E-state index contributed by atoms with van der Waals surface area (Å²) in [5.41, 5.74) is -0.442. The molecule has 0 fully saturated rings. The second kappa shape index (κ2) is 3.29. The van der Waals surface area contributed by atoms with Crippen LogP contribution < -0.4 is 5.32 Å². The lowest BCUT2D eigenvalue weighted by atomic mass is 9.99. The lowest BCUT2D eigenvalue weighted by molar-refractivity contribution is 0.132. The van der Waals surface area contributed by atoms with Gasteiger partial charge in [0.2, 0.25) is 5.95 Å². The molecule has 13 heavy (non-hydrogen) atoms. The van der Waals surface area contributed by atoms with Gasteiger partial charge in [0, 0.05) is 7.05 Å². The maximum Gasteiger partial charge on any atom is 0.243 e. The van der Waals surface area contributed by atoms with Gasteiger partial charge >= 0.3 is 0 Å². The summed E-state index contributed by atoms with van der Waals surface area (Å²) in [5.74, 6) is 0.547. The number of aryl methyl sites for hydroxylation is 1. The summed E-state index contributed by atoms with van der Waals surface area (Å²) in [5, 5.41) is 23.4. The summed E-state index contributed by atoms with van der Waals surface area (Å²) in [4.78, 5) is 0. The monoisotopic (exact) mass is 185 g/mol. The molecule has 0 aliphatic rings. The van der Waals surface area contributed by atoms with E-state index >= 15 is 0 Å². The van der Waals surface area contributed by atoms with Crippen LogP contribution >= 0.6 is 0 Å². The highest BCUT2D eigenvalue weighted by Crippen LogP contribution is 2.14. The quantitative estimate of drug-likeness (QED) is 0.681. The molecule has 0 saturated carbocycles. The molecule has 0 aliphatic carbocycles. The van der Waals surface area contributed by atoms with E-state index in [2.05, 4.69) is 20.8 Å². The Bertz CT molecular complexity index is 280. The van der Waals surface area contributed by atoms with E-state index in [0.29, 0.717) is 5.95 Å². The van der Waals surface area contributed by atoms with Crippen LogP contribution in [0.5, 0.6) is 0 Å². The van der Waals surface area contributed by atoms with Crippen LogP contribution in [0.2, 0.25) is 0 Å². The van der Waals surface area contributed by atoms with Crippen molar-refractivity contribution in [2.75, 3.05) is 5.32 Å². The van der Waals surface area contributed by atoms with Crippen LogP contribution in [0.15, 0.2) is 0 Å². The molecule has 1 atom stereocenters. The van der Waals surface area contributed by atoms with Gasteiger partial charge in [-0.1, -0.05) is 5.10 Å². The Labute approximate surface area is 76.9 Å². The Hall–Kier alpha value is -1.17. The largest absolute Gasteiger partial charge is 0.391 e. The molecule has 74 valence electrons. The number of hydrogen-bond donors (Lipinski definition) is 2. The number of hydrogen-bond acceptors (Lipinski definition) is 5. The molecule has 1 heterocycles. The summed E-state index contributed by atoms with van der Waals surface area (Å²) < 4.78 is 1.52. The van der Waals surface area contributed by atoms with Gasteiger partial charge in [-0.15, -0.1) is 0 Å². The summed E-state index contributed by atoms with van der Waals surface area (Å²) in [6, 6.07) is 0. The number of rotatable bonds is 3. The summed E-state index contributed by atoms with van der Waals surface area (Å²) >= 11 is 0. The molecule has 1 aromatic heterocycles. The zero-order chi connectivity index (χ0) is 10.1. The molecular weight excluding hydrogens is 170 g/mol. The lowest BCUT2D eigenvalue weighted by Crippen LogP contribution is -2.42. The molecule has 0 aromatic carbocycles. The molecule has 1 rings (SSSR count). The minimum Gasteiger partial charge on any atom is -0.391 e. The van der Waals surface area contributed by atoms with Crippen molar-refractivity contribution in [3.63, 3.8) is 0 Å². The smallest absolute Gasteiger partial charge is 0.243 e. The van der Waals surface area contributed by atoms with Gasteiger partial charge < -0.3 is 10.4 Å². The second-order valence-corrected chi connectivity index (χ2v) is 3.65. The topological polar surface area (TPSA) is 75.9 Å². The fourth-order valence-corrected chi connectivity index (χ4v) is 0.728. The normalized spacial score (nSPS) is 14.2. The summed E-state index contributed by atoms with van der Waals surface area (Å²) in [7, 11) is 1.74. The van der Waals surface area contributed by atoms with E-state index in [1.165, 1.54) is 4.68 Å².